The van der Waals surface area contributed by atoms with E-state index < -0.39 is 5.97 Å². The van der Waals surface area contributed by atoms with Gasteiger partial charge in [0.2, 0.25) is 0 Å². The molecule has 0 spiro atoms. The van der Waals surface area contributed by atoms with Gasteiger partial charge in [0.15, 0.2) is 0 Å². The summed E-state index contributed by atoms with van der Waals surface area (Å²) in [5.41, 5.74) is 0. The Balaban J connectivity index is 2.46. The van der Waals surface area contributed by atoms with Crippen LogP contribution in [0.25, 0.3) is 0 Å². The molecule has 1 rings (SSSR count). The maximum absolute atomic E-state index is 10.6. The van der Waals surface area contributed by atoms with Gasteiger partial charge in [0.25, 0.3) is 0 Å². The third-order valence-corrected chi connectivity index (χ3v) is 2.03. The Labute approximate surface area is 82.9 Å². The van der Waals surface area contributed by atoms with Gasteiger partial charge in [-0.3, -0.25) is 4.79 Å². The Kier molecular flexibility index (Phi) is 4.19. The van der Waals surface area contributed by atoms with Gasteiger partial charge >= 0.3 is 5.97 Å². The summed E-state index contributed by atoms with van der Waals surface area (Å²) in [6, 6.07) is 3.68. The standard InChI is InChI=1S/C10H15NO3/c1-11-7-8(6-10(12)13)5-9-3-2-4-14-9/h2-4,8,11H,5-7H2,1H3,(H,12,13). The molecule has 0 saturated carbocycles. The molecule has 0 aromatic carbocycles. The van der Waals surface area contributed by atoms with Gasteiger partial charge in [0, 0.05) is 12.8 Å². The molecule has 1 aromatic rings. The van der Waals surface area contributed by atoms with Gasteiger partial charge in [-0.1, -0.05) is 0 Å². The zero-order valence-electron chi connectivity index (χ0n) is 8.19. The van der Waals surface area contributed by atoms with E-state index in [0.29, 0.717) is 13.0 Å². The zero-order chi connectivity index (χ0) is 10.4. The first-order valence-corrected chi connectivity index (χ1v) is 4.61. The summed E-state index contributed by atoms with van der Waals surface area (Å²) in [7, 11) is 1.82. The Morgan fingerprint density at radius 3 is 3.00 bits per heavy atom. The van der Waals surface area contributed by atoms with Gasteiger partial charge < -0.3 is 14.8 Å². The van der Waals surface area contributed by atoms with Crippen molar-refractivity contribution in [1.29, 1.82) is 0 Å². The van der Waals surface area contributed by atoms with E-state index in [1.165, 1.54) is 0 Å². The lowest BCUT2D eigenvalue weighted by atomic mass is 10.00. The molecular formula is C10H15NO3. The maximum Gasteiger partial charge on any atom is 0.303 e. The van der Waals surface area contributed by atoms with E-state index in [-0.39, 0.29) is 12.3 Å². The van der Waals surface area contributed by atoms with Gasteiger partial charge in [-0.2, -0.15) is 0 Å². The molecule has 14 heavy (non-hydrogen) atoms. The van der Waals surface area contributed by atoms with Crippen LogP contribution in [-0.4, -0.2) is 24.7 Å². The molecule has 78 valence electrons. The number of rotatable bonds is 6. The number of aliphatic carboxylic acids is 1. The van der Waals surface area contributed by atoms with Crippen molar-refractivity contribution in [2.45, 2.75) is 12.8 Å². The molecule has 0 aliphatic carbocycles. The van der Waals surface area contributed by atoms with E-state index in [2.05, 4.69) is 5.32 Å². The van der Waals surface area contributed by atoms with Crippen LogP contribution in [0.2, 0.25) is 0 Å². The highest BCUT2D eigenvalue weighted by Crippen LogP contribution is 2.12. The lowest BCUT2D eigenvalue weighted by Crippen LogP contribution is -2.23. The number of hydrogen-bond donors (Lipinski definition) is 2. The first-order valence-electron chi connectivity index (χ1n) is 4.61. The second kappa shape index (κ2) is 5.44. The Morgan fingerprint density at radius 1 is 1.71 bits per heavy atom. The first kappa shape index (κ1) is 10.8. The largest absolute Gasteiger partial charge is 0.481 e. The van der Waals surface area contributed by atoms with E-state index >= 15 is 0 Å². The van der Waals surface area contributed by atoms with Gasteiger partial charge in [-0.15, -0.1) is 0 Å². The van der Waals surface area contributed by atoms with Gasteiger partial charge in [-0.25, -0.2) is 0 Å². The monoisotopic (exact) mass is 197 g/mol. The summed E-state index contributed by atoms with van der Waals surface area (Å²) in [6.45, 7) is 0.688. The normalized spacial score (nSPS) is 12.6. The fraction of sp³-hybridized carbons (Fsp3) is 0.500. The fourth-order valence-corrected chi connectivity index (χ4v) is 1.47. The number of nitrogens with one attached hydrogen (secondary N) is 1. The van der Waals surface area contributed by atoms with E-state index in [1.54, 1.807) is 6.26 Å². The predicted molar refractivity (Wildman–Crippen MR) is 52.1 cm³/mol. The highest BCUT2D eigenvalue weighted by molar-refractivity contribution is 5.67. The van der Waals surface area contributed by atoms with Crippen LogP contribution in [-0.2, 0) is 11.2 Å². The highest BCUT2D eigenvalue weighted by atomic mass is 16.4. The number of carbonyl (C=O) groups is 1. The summed E-state index contributed by atoms with van der Waals surface area (Å²) in [4.78, 5) is 10.6. The van der Waals surface area contributed by atoms with E-state index in [0.717, 1.165) is 5.76 Å². The molecule has 1 aromatic heterocycles. The Bertz CT molecular complexity index is 269. The molecule has 0 fully saturated rings. The Morgan fingerprint density at radius 2 is 2.50 bits per heavy atom. The molecule has 0 saturated heterocycles. The van der Waals surface area contributed by atoms with Crippen LogP contribution < -0.4 is 5.32 Å². The number of hydrogen-bond acceptors (Lipinski definition) is 3. The molecule has 0 radical (unpaired) electrons. The molecular weight excluding hydrogens is 182 g/mol. The van der Waals surface area contributed by atoms with Gasteiger partial charge in [-0.05, 0) is 31.6 Å². The number of carboxylic acid groups (broad SMARTS) is 1. The van der Waals surface area contributed by atoms with Crippen molar-refractivity contribution >= 4 is 5.97 Å². The average Bonchev–Trinajstić information content (AvgIpc) is 2.56. The smallest absolute Gasteiger partial charge is 0.303 e. The van der Waals surface area contributed by atoms with Gasteiger partial charge in [0.05, 0.1) is 6.26 Å². The van der Waals surface area contributed by atoms with E-state index in [9.17, 15) is 4.79 Å². The molecule has 1 heterocycles. The van der Waals surface area contributed by atoms with Crippen molar-refractivity contribution in [3.8, 4) is 0 Å². The molecule has 0 aliphatic rings. The van der Waals surface area contributed by atoms with E-state index in [4.69, 9.17) is 9.52 Å². The third kappa shape index (κ3) is 3.62. The van der Waals surface area contributed by atoms with Gasteiger partial charge in [0.1, 0.15) is 5.76 Å². The molecule has 4 heteroatoms. The number of carboxylic acids is 1. The van der Waals surface area contributed by atoms with Crippen molar-refractivity contribution < 1.29 is 14.3 Å². The minimum Gasteiger partial charge on any atom is -0.481 e. The Hall–Kier alpha value is -1.29. The molecule has 0 amide bonds. The van der Waals surface area contributed by atoms with Crippen LogP contribution in [0, 0.1) is 5.92 Å². The minimum atomic E-state index is -0.767. The van der Waals surface area contributed by atoms with Crippen molar-refractivity contribution in [2.24, 2.45) is 5.92 Å². The van der Waals surface area contributed by atoms with Crippen LogP contribution >= 0.6 is 0 Å². The third-order valence-electron chi connectivity index (χ3n) is 2.03. The van der Waals surface area contributed by atoms with Crippen LogP contribution in [0.3, 0.4) is 0 Å². The second-order valence-corrected chi connectivity index (χ2v) is 3.31. The average molecular weight is 197 g/mol. The van der Waals surface area contributed by atoms with E-state index in [1.807, 2.05) is 19.2 Å². The fourth-order valence-electron chi connectivity index (χ4n) is 1.47. The summed E-state index contributed by atoms with van der Waals surface area (Å²) in [6.07, 6.45) is 2.44. The van der Waals surface area contributed by atoms with Crippen LogP contribution in [0.15, 0.2) is 22.8 Å². The molecule has 1 unspecified atom stereocenters. The lowest BCUT2D eigenvalue weighted by Gasteiger charge is -2.12. The molecule has 0 bridgehead atoms. The first-order chi connectivity index (χ1) is 6.72. The van der Waals surface area contributed by atoms with Crippen LogP contribution in [0.5, 0.6) is 0 Å². The summed E-state index contributed by atoms with van der Waals surface area (Å²) < 4.78 is 5.17. The minimum absolute atomic E-state index is 0.0867. The quantitative estimate of drug-likeness (QED) is 0.717. The summed E-state index contributed by atoms with van der Waals surface area (Å²) in [5.74, 6) is 0.159. The van der Waals surface area contributed by atoms with Crippen molar-refractivity contribution in [2.75, 3.05) is 13.6 Å². The predicted octanol–water partition coefficient (Wildman–Crippen LogP) is 1.13. The van der Waals surface area contributed by atoms with Crippen LogP contribution in [0.4, 0.5) is 0 Å². The van der Waals surface area contributed by atoms with Crippen molar-refractivity contribution in [1.82, 2.24) is 5.32 Å². The van der Waals surface area contributed by atoms with Crippen molar-refractivity contribution in [3.63, 3.8) is 0 Å². The van der Waals surface area contributed by atoms with Crippen LogP contribution in [0.1, 0.15) is 12.2 Å². The summed E-state index contributed by atoms with van der Waals surface area (Å²) in [5, 5.41) is 11.7. The molecule has 4 nitrogen and oxygen atoms in total. The summed E-state index contributed by atoms with van der Waals surface area (Å²) >= 11 is 0. The lowest BCUT2D eigenvalue weighted by molar-refractivity contribution is -0.138. The zero-order valence-corrected chi connectivity index (χ0v) is 8.19. The molecule has 0 aliphatic heterocycles. The SMILES string of the molecule is CNCC(CC(=O)O)Cc1ccco1. The topological polar surface area (TPSA) is 62.5 Å². The second-order valence-electron chi connectivity index (χ2n) is 3.31. The molecule has 2 N–H and O–H groups in total. The number of furan rings is 1. The molecule has 1 atom stereocenters. The highest BCUT2D eigenvalue weighted by Gasteiger charge is 2.14. The maximum atomic E-state index is 10.6. The van der Waals surface area contributed by atoms with Crippen molar-refractivity contribution in [3.05, 3.63) is 24.2 Å².